The molecule has 0 saturated heterocycles. The van der Waals surface area contributed by atoms with E-state index in [1.807, 2.05) is 0 Å². The Morgan fingerprint density at radius 2 is 1.43 bits per heavy atom. The SMILES string of the molecule is CCOC(=O)Nc1cc(NC(=O)OCC)cc(B(O)O)c1. The summed E-state index contributed by atoms with van der Waals surface area (Å²) < 4.78 is 9.44. The van der Waals surface area contributed by atoms with Crippen LogP contribution in [0.2, 0.25) is 0 Å². The van der Waals surface area contributed by atoms with Crippen molar-refractivity contribution in [3.8, 4) is 0 Å². The van der Waals surface area contributed by atoms with Gasteiger partial charge in [-0.1, -0.05) is 0 Å². The maximum absolute atomic E-state index is 11.4. The lowest BCUT2D eigenvalue weighted by Gasteiger charge is -2.11. The zero-order chi connectivity index (χ0) is 15.8. The van der Waals surface area contributed by atoms with Crippen LogP contribution in [0.15, 0.2) is 18.2 Å². The molecule has 1 aromatic carbocycles. The predicted octanol–water partition coefficient (Wildman–Crippen LogP) is 0.503. The van der Waals surface area contributed by atoms with Gasteiger partial charge in [0, 0.05) is 11.4 Å². The second-order valence-electron chi connectivity index (χ2n) is 3.91. The van der Waals surface area contributed by atoms with Gasteiger partial charge in [0.1, 0.15) is 0 Å². The summed E-state index contributed by atoms with van der Waals surface area (Å²) in [5.74, 6) is 0. The molecule has 0 aromatic heterocycles. The first kappa shape index (κ1) is 16.8. The van der Waals surface area contributed by atoms with Gasteiger partial charge in [-0.25, -0.2) is 9.59 Å². The highest BCUT2D eigenvalue weighted by Gasteiger charge is 2.15. The van der Waals surface area contributed by atoms with Crippen LogP contribution in [0.3, 0.4) is 0 Å². The molecule has 0 radical (unpaired) electrons. The van der Waals surface area contributed by atoms with E-state index < -0.39 is 19.3 Å². The Kier molecular flexibility index (Phi) is 6.50. The monoisotopic (exact) mass is 296 g/mol. The summed E-state index contributed by atoms with van der Waals surface area (Å²) >= 11 is 0. The first-order chi connectivity index (χ1) is 9.96. The third-order valence-corrected chi connectivity index (χ3v) is 2.30. The molecule has 0 fully saturated rings. The molecule has 114 valence electrons. The van der Waals surface area contributed by atoms with Crippen molar-refractivity contribution in [3.63, 3.8) is 0 Å². The van der Waals surface area contributed by atoms with Crippen molar-refractivity contribution in [1.82, 2.24) is 0 Å². The molecule has 0 heterocycles. The van der Waals surface area contributed by atoms with Crippen LogP contribution in [0, 0.1) is 0 Å². The molecule has 21 heavy (non-hydrogen) atoms. The minimum atomic E-state index is -1.75. The number of carbonyl (C=O) groups excluding carboxylic acids is 2. The fraction of sp³-hybridized carbons (Fsp3) is 0.333. The normalized spacial score (nSPS) is 9.71. The smallest absolute Gasteiger partial charge is 0.450 e. The predicted molar refractivity (Wildman–Crippen MR) is 77.6 cm³/mol. The fourth-order valence-electron chi connectivity index (χ4n) is 1.52. The third-order valence-electron chi connectivity index (χ3n) is 2.30. The minimum Gasteiger partial charge on any atom is -0.450 e. The van der Waals surface area contributed by atoms with E-state index in [9.17, 15) is 19.6 Å². The average Bonchev–Trinajstić information content (AvgIpc) is 2.38. The molecule has 0 atom stereocenters. The van der Waals surface area contributed by atoms with E-state index in [1.165, 1.54) is 18.2 Å². The summed E-state index contributed by atoms with van der Waals surface area (Å²) in [7, 11) is -1.75. The standard InChI is InChI=1S/C12H17BN2O6/c1-3-20-11(16)14-9-5-8(13(18)19)6-10(7-9)15-12(17)21-4-2/h5-7,18-19H,3-4H2,1-2H3,(H,14,16)(H,15,17). The Morgan fingerprint density at radius 1 is 1.00 bits per heavy atom. The highest BCUT2D eigenvalue weighted by atomic mass is 16.6. The van der Waals surface area contributed by atoms with Gasteiger partial charge in [0.15, 0.2) is 0 Å². The zero-order valence-electron chi connectivity index (χ0n) is 11.8. The van der Waals surface area contributed by atoms with Gasteiger partial charge < -0.3 is 19.5 Å². The molecule has 0 aliphatic carbocycles. The van der Waals surface area contributed by atoms with Crippen LogP contribution >= 0.6 is 0 Å². The number of hydrogen-bond acceptors (Lipinski definition) is 6. The fourth-order valence-corrected chi connectivity index (χ4v) is 1.52. The van der Waals surface area contributed by atoms with Gasteiger partial charge in [-0.3, -0.25) is 10.6 Å². The van der Waals surface area contributed by atoms with Crippen molar-refractivity contribution < 1.29 is 29.1 Å². The van der Waals surface area contributed by atoms with E-state index in [1.54, 1.807) is 13.8 Å². The molecule has 0 aliphatic rings. The largest absolute Gasteiger partial charge is 0.488 e. The van der Waals surface area contributed by atoms with E-state index in [0.29, 0.717) is 0 Å². The first-order valence-corrected chi connectivity index (χ1v) is 6.35. The van der Waals surface area contributed by atoms with Crippen LogP contribution in [0.5, 0.6) is 0 Å². The van der Waals surface area contributed by atoms with E-state index >= 15 is 0 Å². The number of amides is 2. The lowest BCUT2D eigenvalue weighted by Crippen LogP contribution is -2.31. The zero-order valence-corrected chi connectivity index (χ0v) is 11.8. The Bertz CT molecular complexity index is 470. The summed E-state index contributed by atoms with van der Waals surface area (Å²) in [6, 6.07) is 4.12. The molecule has 0 aliphatic heterocycles. The summed E-state index contributed by atoms with van der Waals surface area (Å²) in [5, 5.41) is 23.2. The topological polar surface area (TPSA) is 117 Å². The van der Waals surface area contributed by atoms with Gasteiger partial charge >= 0.3 is 19.3 Å². The van der Waals surface area contributed by atoms with Gasteiger partial charge in [-0.2, -0.15) is 0 Å². The number of nitrogens with one attached hydrogen (secondary N) is 2. The van der Waals surface area contributed by atoms with E-state index in [2.05, 4.69) is 10.6 Å². The van der Waals surface area contributed by atoms with Gasteiger partial charge in [0.25, 0.3) is 0 Å². The number of ether oxygens (including phenoxy) is 2. The molecule has 0 bridgehead atoms. The number of benzene rings is 1. The number of anilines is 2. The molecule has 1 aromatic rings. The first-order valence-electron chi connectivity index (χ1n) is 6.35. The van der Waals surface area contributed by atoms with Gasteiger partial charge in [-0.05, 0) is 37.5 Å². The summed E-state index contributed by atoms with van der Waals surface area (Å²) in [4.78, 5) is 22.7. The van der Waals surface area contributed by atoms with Crippen LogP contribution in [0.25, 0.3) is 0 Å². The van der Waals surface area contributed by atoms with E-state index in [4.69, 9.17) is 9.47 Å². The van der Waals surface area contributed by atoms with E-state index in [0.717, 1.165) is 0 Å². The summed E-state index contributed by atoms with van der Waals surface area (Å²) in [6.07, 6.45) is -1.38. The van der Waals surface area contributed by atoms with Crippen LogP contribution in [-0.4, -0.2) is 42.6 Å². The maximum Gasteiger partial charge on any atom is 0.488 e. The Labute approximate surface area is 122 Å². The van der Waals surface area contributed by atoms with Crippen molar-refractivity contribution >= 4 is 36.1 Å². The molecule has 0 unspecified atom stereocenters. The van der Waals surface area contributed by atoms with Crippen molar-refractivity contribution in [2.24, 2.45) is 0 Å². The molecular formula is C12H17BN2O6. The molecular weight excluding hydrogens is 279 g/mol. The molecule has 8 nitrogen and oxygen atoms in total. The Morgan fingerprint density at radius 3 is 1.76 bits per heavy atom. The van der Waals surface area contributed by atoms with Crippen LogP contribution in [0.1, 0.15) is 13.8 Å². The molecule has 9 heteroatoms. The number of hydrogen-bond donors (Lipinski definition) is 4. The average molecular weight is 296 g/mol. The molecule has 1 rings (SSSR count). The molecule has 2 amide bonds. The molecule has 4 N–H and O–H groups in total. The lowest BCUT2D eigenvalue weighted by atomic mass is 9.80. The van der Waals surface area contributed by atoms with Crippen LogP contribution in [0.4, 0.5) is 21.0 Å². The van der Waals surface area contributed by atoms with Crippen molar-refractivity contribution in [2.45, 2.75) is 13.8 Å². The highest BCUT2D eigenvalue weighted by Crippen LogP contribution is 2.15. The lowest BCUT2D eigenvalue weighted by molar-refractivity contribution is 0.167. The second-order valence-corrected chi connectivity index (χ2v) is 3.91. The second kappa shape index (κ2) is 8.13. The minimum absolute atomic E-state index is 0.0936. The van der Waals surface area contributed by atoms with E-state index in [-0.39, 0.29) is 30.1 Å². The van der Waals surface area contributed by atoms with Crippen molar-refractivity contribution in [3.05, 3.63) is 18.2 Å². The quantitative estimate of drug-likeness (QED) is 0.588. The van der Waals surface area contributed by atoms with Crippen molar-refractivity contribution in [1.29, 1.82) is 0 Å². The van der Waals surface area contributed by atoms with Crippen LogP contribution in [-0.2, 0) is 9.47 Å². The highest BCUT2D eigenvalue weighted by molar-refractivity contribution is 6.58. The maximum atomic E-state index is 11.4. The molecule has 0 spiro atoms. The summed E-state index contributed by atoms with van der Waals surface area (Å²) in [6.45, 7) is 3.70. The Hall–Kier alpha value is -2.26. The molecule has 0 saturated carbocycles. The number of carbonyl (C=O) groups is 2. The Balaban J connectivity index is 2.94. The van der Waals surface area contributed by atoms with Crippen LogP contribution < -0.4 is 16.1 Å². The van der Waals surface area contributed by atoms with Gasteiger partial charge in [0.05, 0.1) is 13.2 Å². The summed E-state index contributed by atoms with van der Waals surface area (Å²) in [5.41, 5.74) is 0.577. The van der Waals surface area contributed by atoms with Gasteiger partial charge in [-0.15, -0.1) is 0 Å². The van der Waals surface area contributed by atoms with Gasteiger partial charge in [0.2, 0.25) is 0 Å². The number of rotatable bonds is 5. The third kappa shape index (κ3) is 5.71. The van der Waals surface area contributed by atoms with Crippen molar-refractivity contribution in [2.75, 3.05) is 23.8 Å².